The van der Waals surface area contributed by atoms with Crippen molar-refractivity contribution in [2.45, 2.75) is 32.2 Å². The molecule has 1 aliphatic rings. The highest BCUT2D eigenvalue weighted by atomic mass is 16.1. The second kappa shape index (κ2) is 5.67. The number of hydrogen-bond acceptors (Lipinski definition) is 2. The molecule has 1 aliphatic heterocycles. The van der Waals surface area contributed by atoms with Gasteiger partial charge in [-0.05, 0) is 49.0 Å². The van der Waals surface area contributed by atoms with E-state index in [4.69, 9.17) is 0 Å². The number of fused-ring (bicyclic) bond motifs is 1. The molecule has 3 N–H and O–H groups in total. The molecule has 1 saturated heterocycles. The van der Waals surface area contributed by atoms with Gasteiger partial charge in [-0.1, -0.05) is 12.1 Å². The van der Waals surface area contributed by atoms with Gasteiger partial charge >= 0.3 is 0 Å². The topological polar surface area (TPSA) is 56.9 Å². The molecule has 106 valence electrons. The Morgan fingerprint density at radius 1 is 1.30 bits per heavy atom. The molecule has 0 unspecified atom stereocenters. The van der Waals surface area contributed by atoms with Crippen molar-refractivity contribution in [3.8, 4) is 0 Å². The van der Waals surface area contributed by atoms with Gasteiger partial charge in [0.2, 0.25) is 5.91 Å². The van der Waals surface area contributed by atoms with Crippen LogP contribution in [0, 0.1) is 0 Å². The Morgan fingerprint density at radius 2 is 2.10 bits per heavy atom. The zero-order chi connectivity index (χ0) is 13.9. The second-order valence-corrected chi connectivity index (χ2v) is 5.58. The van der Waals surface area contributed by atoms with Crippen LogP contribution in [-0.2, 0) is 11.3 Å². The third kappa shape index (κ3) is 2.85. The molecular formula is C16H21N3O. The fraction of sp³-hybridized carbons (Fsp3) is 0.438. The molecule has 1 amide bonds. The molecule has 4 nitrogen and oxygen atoms in total. The summed E-state index contributed by atoms with van der Waals surface area (Å²) in [5.41, 5.74) is 3.64. The summed E-state index contributed by atoms with van der Waals surface area (Å²) in [5.74, 6) is 0.648. The quantitative estimate of drug-likeness (QED) is 0.802. The van der Waals surface area contributed by atoms with E-state index in [1.807, 2.05) is 0 Å². The summed E-state index contributed by atoms with van der Waals surface area (Å²) in [4.78, 5) is 14.5. The number of hydrogen-bond donors (Lipinski definition) is 3. The molecule has 0 saturated carbocycles. The monoisotopic (exact) mass is 271 g/mol. The number of H-pyrrole nitrogens is 1. The molecule has 0 bridgehead atoms. The van der Waals surface area contributed by atoms with Gasteiger partial charge in [-0.15, -0.1) is 0 Å². The first kappa shape index (κ1) is 13.2. The fourth-order valence-corrected chi connectivity index (χ4v) is 2.89. The number of carbonyl (C=O) groups excluding carboxylic acids is 1. The zero-order valence-electron chi connectivity index (χ0n) is 11.8. The SMILES string of the molecule is CC(=O)NCc1ccc2cc(C3CCNCC3)[nH]c2c1. The fourth-order valence-electron chi connectivity index (χ4n) is 2.89. The highest BCUT2D eigenvalue weighted by Crippen LogP contribution is 2.28. The van der Waals surface area contributed by atoms with Gasteiger partial charge in [-0.25, -0.2) is 0 Å². The molecule has 0 aliphatic carbocycles. The molecule has 2 heterocycles. The van der Waals surface area contributed by atoms with E-state index in [1.54, 1.807) is 6.92 Å². The Balaban J connectivity index is 1.81. The molecule has 0 radical (unpaired) electrons. The first-order valence-electron chi connectivity index (χ1n) is 7.29. The van der Waals surface area contributed by atoms with Crippen molar-refractivity contribution in [3.05, 3.63) is 35.5 Å². The number of aromatic amines is 1. The van der Waals surface area contributed by atoms with Crippen LogP contribution in [0.25, 0.3) is 10.9 Å². The van der Waals surface area contributed by atoms with E-state index in [0.29, 0.717) is 12.5 Å². The summed E-state index contributed by atoms with van der Waals surface area (Å²) in [6, 6.07) is 8.62. The first-order valence-corrected chi connectivity index (χ1v) is 7.29. The number of nitrogens with one attached hydrogen (secondary N) is 3. The molecule has 2 aromatic rings. The second-order valence-electron chi connectivity index (χ2n) is 5.58. The van der Waals surface area contributed by atoms with E-state index in [2.05, 4.69) is 39.9 Å². The van der Waals surface area contributed by atoms with Crippen LogP contribution in [0.15, 0.2) is 24.3 Å². The van der Waals surface area contributed by atoms with Gasteiger partial charge in [0.1, 0.15) is 0 Å². The Morgan fingerprint density at radius 3 is 2.85 bits per heavy atom. The Hall–Kier alpha value is -1.81. The van der Waals surface area contributed by atoms with E-state index in [0.717, 1.165) is 18.7 Å². The maximum atomic E-state index is 11.0. The minimum Gasteiger partial charge on any atom is -0.358 e. The zero-order valence-corrected chi connectivity index (χ0v) is 11.8. The van der Waals surface area contributed by atoms with Gasteiger partial charge in [-0.3, -0.25) is 4.79 Å². The molecular weight excluding hydrogens is 250 g/mol. The summed E-state index contributed by atoms with van der Waals surface area (Å²) in [6.07, 6.45) is 2.40. The van der Waals surface area contributed by atoms with Crippen LogP contribution in [0.3, 0.4) is 0 Å². The first-order chi connectivity index (χ1) is 9.72. The lowest BCUT2D eigenvalue weighted by molar-refractivity contribution is -0.119. The van der Waals surface area contributed by atoms with E-state index in [9.17, 15) is 4.79 Å². The number of carbonyl (C=O) groups is 1. The molecule has 0 atom stereocenters. The minimum absolute atomic E-state index is 0.00646. The lowest BCUT2D eigenvalue weighted by atomic mass is 9.95. The predicted molar refractivity (Wildman–Crippen MR) is 80.7 cm³/mol. The Labute approximate surface area is 118 Å². The van der Waals surface area contributed by atoms with E-state index < -0.39 is 0 Å². The van der Waals surface area contributed by atoms with Gasteiger partial charge in [0.25, 0.3) is 0 Å². The van der Waals surface area contributed by atoms with Crippen molar-refractivity contribution in [1.82, 2.24) is 15.6 Å². The maximum Gasteiger partial charge on any atom is 0.217 e. The van der Waals surface area contributed by atoms with Crippen LogP contribution in [0.1, 0.15) is 36.9 Å². The summed E-state index contributed by atoms with van der Waals surface area (Å²) >= 11 is 0. The van der Waals surface area contributed by atoms with Crippen LogP contribution >= 0.6 is 0 Å². The van der Waals surface area contributed by atoms with E-state index >= 15 is 0 Å². The van der Waals surface area contributed by atoms with Gasteiger partial charge in [-0.2, -0.15) is 0 Å². The Kier molecular flexibility index (Phi) is 3.74. The molecule has 1 aromatic carbocycles. The maximum absolute atomic E-state index is 11.0. The molecule has 20 heavy (non-hydrogen) atoms. The van der Waals surface area contributed by atoms with Crippen LogP contribution in [0.4, 0.5) is 0 Å². The number of aromatic nitrogens is 1. The largest absolute Gasteiger partial charge is 0.358 e. The predicted octanol–water partition coefficient (Wildman–Crippen LogP) is 2.27. The van der Waals surface area contributed by atoms with Crippen molar-refractivity contribution in [1.29, 1.82) is 0 Å². The van der Waals surface area contributed by atoms with Crippen molar-refractivity contribution >= 4 is 16.8 Å². The molecule has 4 heteroatoms. The number of rotatable bonds is 3. The standard InChI is InChI=1S/C16H21N3O/c1-11(20)18-10-12-2-3-14-9-16(19-15(14)8-12)13-4-6-17-7-5-13/h2-3,8-9,13,17,19H,4-7,10H2,1H3,(H,18,20). The van der Waals surface area contributed by atoms with E-state index in [-0.39, 0.29) is 5.91 Å². The molecule has 1 fully saturated rings. The minimum atomic E-state index is 0.00646. The average molecular weight is 271 g/mol. The number of benzene rings is 1. The Bertz CT molecular complexity index is 611. The van der Waals surface area contributed by atoms with Crippen molar-refractivity contribution in [2.75, 3.05) is 13.1 Å². The third-order valence-electron chi connectivity index (χ3n) is 4.03. The summed E-state index contributed by atoms with van der Waals surface area (Å²) in [6.45, 7) is 4.34. The van der Waals surface area contributed by atoms with Crippen LogP contribution in [-0.4, -0.2) is 24.0 Å². The van der Waals surface area contributed by atoms with Gasteiger partial charge in [0.05, 0.1) is 0 Å². The van der Waals surface area contributed by atoms with Crippen LogP contribution in [0.2, 0.25) is 0 Å². The van der Waals surface area contributed by atoms with Crippen molar-refractivity contribution < 1.29 is 4.79 Å². The summed E-state index contributed by atoms with van der Waals surface area (Å²) in [5, 5.41) is 7.49. The van der Waals surface area contributed by atoms with Gasteiger partial charge < -0.3 is 15.6 Å². The van der Waals surface area contributed by atoms with Gasteiger partial charge in [0, 0.05) is 30.6 Å². The highest BCUT2D eigenvalue weighted by Gasteiger charge is 2.17. The lowest BCUT2D eigenvalue weighted by Gasteiger charge is -2.21. The average Bonchev–Trinajstić information content (AvgIpc) is 2.89. The number of piperidine rings is 1. The highest BCUT2D eigenvalue weighted by molar-refractivity contribution is 5.81. The smallest absolute Gasteiger partial charge is 0.217 e. The molecule has 0 spiro atoms. The summed E-state index contributed by atoms with van der Waals surface area (Å²) in [7, 11) is 0. The van der Waals surface area contributed by atoms with Gasteiger partial charge in [0.15, 0.2) is 0 Å². The van der Waals surface area contributed by atoms with Crippen LogP contribution in [0.5, 0.6) is 0 Å². The van der Waals surface area contributed by atoms with E-state index in [1.165, 1.54) is 29.4 Å². The lowest BCUT2D eigenvalue weighted by Crippen LogP contribution is -2.26. The van der Waals surface area contributed by atoms with Crippen molar-refractivity contribution in [3.63, 3.8) is 0 Å². The third-order valence-corrected chi connectivity index (χ3v) is 4.03. The molecule has 3 rings (SSSR count). The number of amides is 1. The normalized spacial score (nSPS) is 16.4. The summed E-state index contributed by atoms with van der Waals surface area (Å²) < 4.78 is 0. The van der Waals surface area contributed by atoms with Crippen LogP contribution < -0.4 is 10.6 Å². The molecule has 1 aromatic heterocycles. The van der Waals surface area contributed by atoms with Crippen molar-refractivity contribution in [2.24, 2.45) is 0 Å².